The molecule has 194 valence electrons. The van der Waals surface area contributed by atoms with E-state index < -0.39 is 11.1 Å². The van der Waals surface area contributed by atoms with E-state index in [4.69, 9.17) is 9.47 Å². The van der Waals surface area contributed by atoms with Gasteiger partial charge >= 0.3 is 0 Å². The Labute approximate surface area is 219 Å². The number of imide groups is 1. The Kier molecular flexibility index (Phi) is 8.50. The molecule has 0 saturated carbocycles. The Hall–Kier alpha value is -3.79. The Morgan fingerprint density at radius 1 is 1.05 bits per heavy atom. The Bertz CT molecular complexity index is 1240. The molecule has 0 aliphatic carbocycles. The fourth-order valence-corrected chi connectivity index (χ4v) is 4.89. The highest BCUT2D eigenvalue weighted by Gasteiger charge is 2.37. The number of likely N-dealkylation sites (tertiary alicyclic amines) is 1. The van der Waals surface area contributed by atoms with Crippen molar-refractivity contribution in [1.29, 1.82) is 0 Å². The maximum absolute atomic E-state index is 12.8. The first-order valence-electron chi connectivity index (χ1n) is 12.1. The van der Waals surface area contributed by atoms with E-state index in [0.29, 0.717) is 42.4 Å². The van der Waals surface area contributed by atoms with Crippen molar-refractivity contribution >= 4 is 46.5 Å². The molecule has 9 nitrogen and oxygen atoms in total. The van der Waals surface area contributed by atoms with E-state index in [-0.39, 0.29) is 29.9 Å². The first kappa shape index (κ1) is 26.3. The molecule has 37 heavy (non-hydrogen) atoms. The van der Waals surface area contributed by atoms with Gasteiger partial charge in [0.2, 0.25) is 5.91 Å². The molecule has 10 heteroatoms. The van der Waals surface area contributed by atoms with Crippen LogP contribution in [0.5, 0.6) is 11.5 Å². The van der Waals surface area contributed by atoms with Crippen LogP contribution in [0.15, 0.2) is 47.4 Å². The van der Waals surface area contributed by atoms with Crippen molar-refractivity contribution in [3.05, 3.63) is 58.5 Å². The number of amides is 4. The predicted molar refractivity (Wildman–Crippen MR) is 141 cm³/mol. The number of nitrogens with zero attached hydrogens (tertiary/aromatic N) is 2. The highest BCUT2D eigenvalue weighted by molar-refractivity contribution is 8.18. The van der Waals surface area contributed by atoms with Gasteiger partial charge in [0.25, 0.3) is 17.1 Å². The van der Waals surface area contributed by atoms with Crippen LogP contribution in [0.4, 0.5) is 10.5 Å². The van der Waals surface area contributed by atoms with Crippen LogP contribution in [-0.2, 0) is 14.4 Å². The van der Waals surface area contributed by atoms with E-state index in [1.54, 1.807) is 35.2 Å². The Morgan fingerprint density at radius 2 is 1.84 bits per heavy atom. The number of rotatable bonds is 9. The number of nitrogens with one attached hydrogen (secondary N) is 1. The molecule has 2 fully saturated rings. The van der Waals surface area contributed by atoms with Gasteiger partial charge in [0, 0.05) is 18.8 Å². The van der Waals surface area contributed by atoms with Crippen LogP contribution in [0.1, 0.15) is 30.9 Å². The largest absolute Gasteiger partial charge is 0.490 e. The molecule has 0 bridgehead atoms. The fraction of sp³-hybridized carbons (Fsp3) is 0.333. The zero-order valence-corrected chi connectivity index (χ0v) is 21.6. The first-order valence-corrected chi connectivity index (χ1v) is 12.9. The lowest BCUT2D eigenvalue weighted by molar-refractivity contribution is -0.135. The average Bonchev–Trinajstić information content (AvgIpc) is 3.49. The number of aryl methyl sites for hydroxylation is 1. The molecule has 2 aromatic carbocycles. The van der Waals surface area contributed by atoms with Crippen LogP contribution >= 0.6 is 11.8 Å². The minimum absolute atomic E-state index is 0.211. The molecule has 0 radical (unpaired) electrons. The van der Waals surface area contributed by atoms with Crippen molar-refractivity contribution in [3.63, 3.8) is 0 Å². The number of ether oxygens (including phenoxy) is 2. The molecule has 2 aliphatic heterocycles. The third kappa shape index (κ3) is 6.71. The van der Waals surface area contributed by atoms with Gasteiger partial charge in [0.1, 0.15) is 6.54 Å². The second-order valence-electron chi connectivity index (χ2n) is 8.70. The summed E-state index contributed by atoms with van der Waals surface area (Å²) < 4.78 is 11.4. The molecule has 0 atom stereocenters. The number of thioether (sulfide) groups is 1. The third-order valence-corrected chi connectivity index (χ3v) is 6.76. The number of carbonyl (C=O) groups is 4. The van der Waals surface area contributed by atoms with Crippen molar-refractivity contribution in [2.45, 2.75) is 26.7 Å². The van der Waals surface area contributed by atoms with Gasteiger partial charge in [-0.1, -0.05) is 18.2 Å². The molecule has 0 spiro atoms. The van der Waals surface area contributed by atoms with Gasteiger partial charge in [-0.05, 0) is 79.9 Å². The molecule has 4 rings (SSSR count). The van der Waals surface area contributed by atoms with Crippen LogP contribution in [0, 0.1) is 6.92 Å². The van der Waals surface area contributed by atoms with Gasteiger partial charge in [-0.25, -0.2) is 0 Å². The second-order valence-corrected chi connectivity index (χ2v) is 9.69. The van der Waals surface area contributed by atoms with Gasteiger partial charge in [-0.3, -0.25) is 24.1 Å². The van der Waals surface area contributed by atoms with Crippen molar-refractivity contribution < 1.29 is 28.7 Å². The number of carbonyl (C=O) groups excluding carboxylic acids is 4. The average molecular weight is 524 g/mol. The van der Waals surface area contributed by atoms with E-state index in [2.05, 4.69) is 5.32 Å². The molecule has 0 unspecified atom stereocenters. The summed E-state index contributed by atoms with van der Waals surface area (Å²) in [5.41, 5.74) is 2.34. The Balaban J connectivity index is 1.41. The van der Waals surface area contributed by atoms with Crippen molar-refractivity contribution in [3.8, 4) is 11.5 Å². The normalized spacial score (nSPS) is 16.4. The summed E-state index contributed by atoms with van der Waals surface area (Å²) in [4.78, 5) is 52.9. The van der Waals surface area contributed by atoms with Gasteiger partial charge < -0.3 is 19.7 Å². The van der Waals surface area contributed by atoms with Crippen molar-refractivity contribution in [2.75, 3.05) is 38.2 Å². The molecule has 2 aromatic rings. The number of benzene rings is 2. The van der Waals surface area contributed by atoms with Crippen LogP contribution < -0.4 is 14.8 Å². The fourth-order valence-electron chi connectivity index (χ4n) is 4.05. The monoisotopic (exact) mass is 523 g/mol. The summed E-state index contributed by atoms with van der Waals surface area (Å²) in [5, 5.41) is 2.33. The van der Waals surface area contributed by atoms with Crippen LogP contribution in [-0.4, -0.2) is 65.6 Å². The summed E-state index contributed by atoms with van der Waals surface area (Å²) in [5.74, 6) is -0.235. The van der Waals surface area contributed by atoms with Gasteiger partial charge in [0.05, 0.1) is 11.5 Å². The minimum atomic E-state index is -0.492. The lowest BCUT2D eigenvalue weighted by Gasteiger charge is -2.18. The number of hydrogen-bond donors (Lipinski definition) is 1. The highest BCUT2D eigenvalue weighted by atomic mass is 32.2. The van der Waals surface area contributed by atoms with Crippen molar-refractivity contribution in [1.82, 2.24) is 9.80 Å². The van der Waals surface area contributed by atoms with Gasteiger partial charge in [-0.15, -0.1) is 0 Å². The summed E-state index contributed by atoms with van der Waals surface area (Å²) in [6, 6.07) is 12.5. The molecular formula is C27H29N3O6S. The summed E-state index contributed by atoms with van der Waals surface area (Å²) >= 11 is 0.803. The standard InChI is InChI=1S/C27H29N3O6S/c1-3-35-22-14-19(9-10-21(22)36-17-24(31)28-20-8-6-7-18(2)13-20)15-23-26(33)30(27(34)37-23)16-25(32)29-11-4-5-12-29/h6-10,13-15H,3-5,11-12,16-17H2,1-2H3,(H,28,31)/b23-15-. The predicted octanol–water partition coefficient (Wildman–Crippen LogP) is 4.07. The van der Waals surface area contributed by atoms with Crippen LogP contribution in [0.25, 0.3) is 6.08 Å². The second kappa shape index (κ2) is 12.0. The summed E-state index contributed by atoms with van der Waals surface area (Å²) in [6.45, 7) is 4.99. The van der Waals surface area contributed by atoms with Gasteiger partial charge in [0.15, 0.2) is 18.1 Å². The zero-order valence-electron chi connectivity index (χ0n) is 20.8. The smallest absolute Gasteiger partial charge is 0.294 e. The lowest BCUT2D eigenvalue weighted by atomic mass is 10.2. The third-order valence-electron chi connectivity index (χ3n) is 5.85. The van der Waals surface area contributed by atoms with E-state index in [1.165, 1.54) is 0 Å². The highest BCUT2D eigenvalue weighted by Crippen LogP contribution is 2.35. The quantitative estimate of drug-likeness (QED) is 0.494. The van der Waals surface area contributed by atoms with Crippen molar-refractivity contribution in [2.24, 2.45) is 0 Å². The van der Waals surface area contributed by atoms with E-state index >= 15 is 0 Å². The van der Waals surface area contributed by atoms with Crippen LogP contribution in [0.2, 0.25) is 0 Å². The molecular weight excluding hydrogens is 494 g/mol. The molecule has 0 aromatic heterocycles. The molecule has 2 aliphatic rings. The first-order chi connectivity index (χ1) is 17.8. The lowest BCUT2D eigenvalue weighted by Crippen LogP contribution is -2.40. The van der Waals surface area contributed by atoms with E-state index in [1.807, 2.05) is 32.0 Å². The molecule has 2 heterocycles. The van der Waals surface area contributed by atoms with Gasteiger partial charge in [-0.2, -0.15) is 0 Å². The number of anilines is 1. The van der Waals surface area contributed by atoms with E-state index in [0.717, 1.165) is 35.1 Å². The maximum Gasteiger partial charge on any atom is 0.294 e. The summed E-state index contributed by atoms with van der Waals surface area (Å²) in [6.07, 6.45) is 3.46. The SMILES string of the molecule is CCOc1cc(/C=C2\SC(=O)N(CC(=O)N3CCCC3)C2=O)ccc1OCC(=O)Nc1cccc(C)c1. The minimum Gasteiger partial charge on any atom is -0.490 e. The topological polar surface area (TPSA) is 105 Å². The summed E-state index contributed by atoms with van der Waals surface area (Å²) in [7, 11) is 0. The molecule has 2 saturated heterocycles. The number of hydrogen-bond acceptors (Lipinski definition) is 7. The Morgan fingerprint density at radius 3 is 2.57 bits per heavy atom. The zero-order chi connectivity index (χ0) is 26.4. The molecule has 1 N–H and O–H groups in total. The molecule has 4 amide bonds. The van der Waals surface area contributed by atoms with E-state index in [9.17, 15) is 19.2 Å². The maximum atomic E-state index is 12.8. The van der Waals surface area contributed by atoms with Crippen LogP contribution in [0.3, 0.4) is 0 Å².